The lowest BCUT2D eigenvalue weighted by Gasteiger charge is -2.27. The molecule has 0 heterocycles. The quantitative estimate of drug-likeness (QED) is 0.362. The molecular weight excluding hydrogens is 411 g/mol. The smallest absolute Gasteiger partial charge is 0.399 e. The van der Waals surface area contributed by atoms with Crippen LogP contribution in [0.3, 0.4) is 0 Å². The van der Waals surface area contributed by atoms with Gasteiger partial charge in [0.2, 0.25) is 5.75 Å². The number of hydrogen-bond acceptors (Lipinski definition) is 1. The summed E-state index contributed by atoms with van der Waals surface area (Å²) in [6.45, 7) is 2.14. The molecule has 0 N–H and O–H groups in total. The van der Waals surface area contributed by atoms with Crippen molar-refractivity contribution >= 4 is 0 Å². The Morgan fingerprint density at radius 2 is 1.61 bits per heavy atom. The molecule has 0 unspecified atom stereocenters. The lowest BCUT2D eigenvalue weighted by Crippen LogP contribution is -2.19. The van der Waals surface area contributed by atoms with Crippen LogP contribution in [-0.2, 0) is 6.42 Å². The zero-order chi connectivity index (χ0) is 22.4. The summed E-state index contributed by atoms with van der Waals surface area (Å²) in [5.74, 6) is 1.82. The van der Waals surface area contributed by atoms with Crippen LogP contribution in [0.5, 0.6) is 5.75 Å². The number of allylic oxidation sites excluding steroid dienone is 2. The second-order valence-electron chi connectivity index (χ2n) is 7.65. The first-order valence-corrected chi connectivity index (χ1v) is 10.3. The standard InChI is InChI=1S/C25H23F5O/c1-2-17-7-11-20(12-8-17)21-13-9-18(10-14-21)5-3-4-6-19-15-22(26)24(23(27)16-19)31-25(28,29)30/h3,5,7-8,11-12,15-16,18,21H,2,9-10,13-14H2,1H3/b5-3+. The summed E-state index contributed by atoms with van der Waals surface area (Å²) in [4.78, 5) is 0. The van der Waals surface area contributed by atoms with E-state index in [0.717, 1.165) is 44.2 Å². The van der Waals surface area contributed by atoms with Crippen molar-refractivity contribution in [1.29, 1.82) is 0 Å². The van der Waals surface area contributed by atoms with Crippen molar-refractivity contribution in [2.45, 2.75) is 51.3 Å². The molecule has 0 bridgehead atoms. The van der Waals surface area contributed by atoms with Crippen molar-refractivity contribution < 1.29 is 26.7 Å². The summed E-state index contributed by atoms with van der Waals surface area (Å²) in [6.07, 6.45) is 3.72. The predicted octanol–water partition coefficient (Wildman–Crippen LogP) is 7.31. The third-order valence-electron chi connectivity index (χ3n) is 5.52. The summed E-state index contributed by atoms with van der Waals surface area (Å²) < 4.78 is 67.3. The zero-order valence-electron chi connectivity index (χ0n) is 17.1. The highest BCUT2D eigenvalue weighted by atomic mass is 19.4. The fourth-order valence-electron chi connectivity index (χ4n) is 3.82. The first kappa shape index (κ1) is 22.9. The molecule has 0 spiro atoms. The average molecular weight is 434 g/mol. The average Bonchev–Trinajstić information content (AvgIpc) is 2.74. The number of rotatable bonds is 4. The Bertz CT molecular complexity index is 949. The summed E-state index contributed by atoms with van der Waals surface area (Å²) in [6, 6.07) is 10.2. The predicted molar refractivity (Wildman–Crippen MR) is 110 cm³/mol. The molecule has 164 valence electrons. The normalized spacial score (nSPS) is 19.2. The molecule has 1 fully saturated rings. The van der Waals surface area contributed by atoms with E-state index < -0.39 is 23.7 Å². The molecule has 3 rings (SSSR count). The molecule has 0 amide bonds. The number of aryl methyl sites for hydroxylation is 1. The van der Waals surface area contributed by atoms with Crippen LogP contribution < -0.4 is 4.74 Å². The van der Waals surface area contributed by atoms with Crippen molar-refractivity contribution in [3.8, 4) is 17.6 Å². The van der Waals surface area contributed by atoms with Crippen molar-refractivity contribution in [3.63, 3.8) is 0 Å². The summed E-state index contributed by atoms with van der Waals surface area (Å²) in [5.41, 5.74) is 2.65. The summed E-state index contributed by atoms with van der Waals surface area (Å²) in [5, 5.41) is 0. The molecule has 2 aromatic carbocycles. The minimum Gasteiger partial charge on any atom is -0.399 e. The second-order valence-corrected chi connectivity index (χ2v) is 7.65. The van der Waals surface area contributed by atoms with E-state index in [0.29, 0.717) is 11.8 Å². The Labute approximate surface area is 178 Å². The Kier molecular flexibility index (Phi) is 7.37. The Morgan fingerprint density at radius 1 is 1.00 bits per heavy atom. The van der Waals surface area contributed by atoms with Crippen LogP contribution in [-0.4, -0.2) is 6.36 Å². The van der Waals surface area contributed by atoms with Gasteiger partial charge >= 0.3 is 6.36 Å². The molecular formula is C25H23F5O. The van der Waals surface area contributed by atoms with E-state index in [-0.39, 0.29) is 5.56 Å². The van der Waals surface area contributed by atoms with Crippen LogP contribution in [0.4, 0.5) is 22.0 Å². The van der Waals surface area contributed by atoms with E-state index in [1.165, 1.54) is 11.1 Å². The zero-order valence-corrected chi connectivity index (χ0v) is 17.1. The summed E-state index contributed by atoms with van der Waals surface area (Å²) >= 11 is 0. The second kappa shape index (κ2) is 10.00. The van der Waals surface area contributed by atoms with Crippen LogP contribution in [0.1, 0.15) is 55.2 Å². The lowest BCUT2D eigenvalue weighted by molar-refractivity contribution is -0.276. The molecule has 31 heavy (non-hydrogen) atoms. The van der Waals surface area contributed by atoms with Gasteiger partial charge in [0.05, 0.1) is 0 Å². The van der Waals surface area contributed by atoms with E-state index in [2.05, 4.69) is 47.8 Å². The molecule has 1 aliphatic carbocycles. The number of hydrogen-bond donors (Lipinski definition) is 0. The van der Waals surface area contributed by atoms with Gasteiger partial charge in [0.1, 0.15) is 0 Å². The highest BCUT2D eigenvalue weighted by Gasteiger charge is 2.34. The number of ether oxygens (including phenoxy) is 1. The number of halogens is 5. The van der Waals surface area contributed by atoms with Gasteiger partial charge in [0, 0.05) is 5.56 Å². The van der Waals surface area contributed by atoms with Gasteiger partial charge in [-0.3, -0.25) is 0 Å². The maximum Gasteiger partial charge on any atom is 0.573 e. The van der Waals surface area contributed by atoms with Gasteiger partial charge in [-0.05, 0) is 73.3 Å². The number of alkyl halides is 3. The third-order valence-corrected chi connectivity index (χ3v) is 5.52. The number of benzene rings is 2. The molecule has 0 aromatic heterocycles. The van der Waals surface area contributed by atoms with E-state index in [9.17, 15) is 22.0 Å². The van der Waals surface area contributed by atoms with E-state index in [1.807, 2.05) is 6.08 Å². The highest BCUT2D eigenvalue weighted by molar-refractivity contribution is 5.42. The maximum atomic E-state index is 13.7. The Balaban J connectivity index is 1.55. The Hall–Kier alpha value is -2.81. The lowest BCUT2D eigenvalue weighted by atomic mass is 9.78. The van der Waals surface area contributed by atoms with Crippen LogP contribution in [0, 0.1) is 29.4 Å². The monoisotopic (exact) mass is 434 g/mol. The molecule has 0 atom stereocenters. The van der Waals surface area contributed by atoms with Gasteiger partial charge in [0.25, 0.3) is 0 Å². The molecule has 1 aliphatic rings. The summed E-state index contributed by atoms with van der Waals surface area (Å²) in [7, 11) is 0. The minimum atomic E-state index is -5.17. The molecule has 0 saturated heterocycles. The van der Waals surface area contributed by atoms with Gasteiger partial charge < -0.3 is 4.74 Å². The molecule has 1 nitrogen and oxygen atoms in total. The van der Waals surface area contributed by atoms with Gasteiger partial charge in [-0.15, -0.1) is 13.2 Å². The van der Waals surface area contributed by atoms with Gasteiger partial charge in [-0.2, -0.15) is 0 Å². The van der Waals surface area contributed by atoms with Crippen molar-refractivity contribution in [2.24, 2.45) is 5.92 Å². The van der Waals surface area contributed by atoms with E-state index in [1.54, 1.807) is 6.08 Å². The first-order chi connectivity index (χ1) is 14.7. The fourth-order valence-corrected chi connectivity index (χ4v) is 3.82. The van der Waals surface area contributed by atoms with Gasteiger partial charge in [-0.1, -0.05) is 49.1 Å². The van der Waals surface area contributed by atoms with E-state index in [4.69, 9.17) is 0 Å². The maximum absolute atomic E-state index is 13.7. The van der Waals surface area contributed by atoms with Crippen molar-refractivity contribution in [3.05, 3.63) is 76.9 Å². The van der Waals surface area contributed by atoms with Crippen LogP contribution in [0.25, 0.3) is 0 Å². The van der Waals surface area contributed by atoms with Crippen LogP contribution >= 0.6 is 0 Å². The van der Waals surface area contributed by atoms with Gasteiger partial charge in [-0.25, -0.2) is 8.78 Å². The Morgan fingerprint density at radius 3 is 2.16 bits per heavy atom. The van der Waals surface area contributed by atoms with Crippen LogP contribution in [0.2, 0.25) is 0 Å². The van der Waals surface area contributed by atoms with Crippen molar-refractivity contribution in [2.75, 3.05) is 0 Å². The first-order valence-electron chi connectivity index (χ1n) is 10.3. The molecule has 0 aliphatic heterocycles. The van der Waals surface area contributed by atoms with Gasteiger partial charge in [0.15, 0.2) is 11.6 Å². The molecule has 0 radical (unpaired) electrons. The molecule has 2 aromatic rings. The third kappa shape index (κ3) is 6.58. The highest BCUT2D eigenvalue weighted by Crippen LogP contribution is 2.36. The SMILES string of the molecule is CCc1ccc(C2CCC(/C=C/C#Cc3cc(F)c(OC(F)(F)F)c(F)c3)CC2)cc1. The van der Waals surface area contributed by atoms with Crippen LogP contribution in [0.15, 0.2) is 48.6 Å². The van der Waals surface area contributed by atoms with E-state index >= 15 is 0 Å². The molecule has 1 saturated carbocycles. The minimum absolute atomic E-state index is 0.0617. The molecule has 6 heteroatoms. The van der Waals surface area contributed by atoms with Crippen molar-refractivity contribution in [1.82, 2.24) is 0 Å². The topological polar surface area (TPSA) is 9.23 Å². The largest absolute Gasteiger partial charge is 0.573 e. The fraction of sp³-hybridized carbons (Fsp3) is 0.360.